The van der Waals surface area contributed by atoms with Crippen molar-refractivity contribution in [2.24, 2.45) is 0 Å². The largest absolute Gasteiger partial charge is 0.481 e. The van der Waals surface area contributed by atoms with E-state index in [0.717, 1.165) is 0 Å². The number of hydrogen-bond donors (Lipinski definition) is 2. The van der Waals surface area contributed by atoms with E-state index in [1.165, 1.54) is 23.6 Å². The molecule has 0 aromatic carbocycles. The molecule has 7 nitrogen and oxygen atoms in total. The van der Waals surface area contributed by atoms with E-state index in [1.807, 2.05) is 6.26 Å². The minimum atomic E-state index is -3.46. The molecule has 0 aromatic rings. The van der Waals surface area contributed by atoms with Crippen LogP contribution in [0.1, 0.15) is 26.2 Å². The highest BCUT2D eigenvalue weighted by atomic mass is 32.2. The van der Waals surface area contributed by atoms with Crippen molar-refractivity contribution in [1.82, 2.24) is 9.62 Å². The molecule has 0 aliphatic heterocycles. The summed E-state index contributed by atoms with van der Waals surface area (Å²) >= 11 is 1.53. The Bertz CT molecular complexity index is 439. The molecule has 2 N–H and O–H groups in total. The van der Waals surface area contributed by atoms with E-state index in [-0.39, 0.29) is 24.6 Å². The van der Waals surface area contributed by atoms with E-state index in [2.05, 4.69) is 4.72 Å². The van der Waals surface area contributed by atoms with Gasteiger partial charge in [-0.1, -0.05) is 0 Å². The number of thioether (sulfide) groups is 1. The highest BCUT2D eigenvalue weighted by molar-refractivity contribution is 7.98. The smallest absolute Gasteiger partial charge is 0.303 e. The van der Waals surface area contributed by atoms with Gasteiger partial charge in [-0.3, -0.25) is 9.59 Å². The third-order valence-corrected chi connectivity index (χ3v) is 4.92. The van der Waals surface area contributed by atoms with Gasteiger partial charge in [-0.05, 0) is 31.8 Å². The summed E-state index contributed by atoms with van der Waals surface area (Å²) in [4.78, 5) is 24.1. The zero-order valence-corrected chi connectivity index (χ0v) is 14.3. The summed E-state index contributed by atoms with van der Waals surface area (Å²) in [6, 6.07) is -0.794. The Kier molecular flexibility index (Phi) is 9.63. The zero-order valence-electron chi connectivity index (χ0n) is 12.7. The number of likely N-dealkylation sites (N-methyl/N-ethyl adjacent to an activating group) is 1. The molecule has 9 heteroatoms. The Hall–Kier alpha value is -0.800. The lowest BCUT2D eigenvalue weighted by Crippen LogP contribution is -2.48. The SMILES string of the molecule is CCS(=O)(=O)NC(CCSC)C(=O)N(C)CCCC(=O)O. The fourth-order valence-electron chi connectivity index (χ4n) is 1.61. The van der Waals surface area contributed by atoms with Gasteiger partial charge in [0.25, 0.3) is 0 Å². The minimum Gasteiger partial charge on any atom is -0.481 e. The summed E-state index contributed by atoms with van der Waals surface area (Å²) in [6.07, 6.45) is 2.61. The lowest BCUT2D eigenvalue weighted by molar-refractivity contribution is -0.138. The molecule has 0 heterocycles. The number of rotatable bonds is 11. The highest BCUT2D eigenvalue weighted by Crippen LogP contribution is 2.06. The number of nitrogens with one attached hydrogen (secondary N) is 1. The average molecular weight is 340 g/mol. The maximum atomic E-state index is 12.3. The molecule has 0 rings (SSSR count). The zero-order chi connectivity index (χ0) is 16.5. The number of amides is 1. The van der Waals surface area contributed by atoms with E-state index in [0.29, 0.717) is 18.6 Å². The predicted octanol–water partition coefficient (Wildman–Crippen LogP) is 0.371. The quantitative estimate of drug-likeness (QED) is 0.563. The summed E-state index contributed by atoms with van der Waals surface area (Å²) in [5.41, 5.74) is 0. The Labute approximate surface area is 130 Å². The summed E-state index contributed by atoms with van der Waals surface area (Å²) in [5, 5.41) is 8.58. The van der Waals surface area contributed by atoms with Crippen LogP contribution in [0.3, 0.4) is 0 Å². The van der Waals surface area contributed by atoms with Crippen molar-refractivity contribution in [2.75, 3.05) is 31.4 Å². The molecule has 0 radical (unpaired) electrons. The summed E-state index contributed by atoms with van der Waals surface area (Å²) < 4.78 is 25.7. The average Bonchev–Trinajstić information content (AvgIpc) is 2.42. The fraction of sp³-hybridized carbons (Fsp3) is 0.833. The molecule has 0 aromatic heterocycles. The molecule has 0 aliphatic rings. The number of carbonyl (C=O) groups excluding carboxylic acids is 1. The molecule has 1 amide bonds. The topological polar surface area (TPSA) is 104 Å². The molecular formula is C12H24N2O5S2. The number of sulfonamides is 1. The van der Waals surface area contributed by atoms with Gasteiger partial charge in [-0.25, -0.2) is 13.1 Å². The Morgan fingerprint density at radius 3 is 2.48 bits per heavy atom. The molecule has 0 aliphatic carbocycles. The van der Waals surface area contributed by atoms with Gasteiger partial charge in [0.2, 0.25) is 15.9 Å². The fourth-order valence-corrected chi connectivity index (χ4v) is 2.90. The van der Waals surface area contributed by atoms with E-state index >= 15 is 0 Å². The van der Waals surface area contributed by atoms with E-state index in [9.17, 15) is 18.0 Å². The molecule has 0 fully saturated rings. The first-order chi connectivity index (χ1) is 9.73. The molecular weight excluding hydrogens is 316 g/mol. The predicted molar refractivity (Wildman–Crippen MR) is 83.9 cm³/mol. The van der Waals surface area contributed by atoms with Crippen molar-refractivity contribution in [3.8, 4) is 0 Å². The third-order valence-electron chi connectivity index (χ3n) is 2.87. The summed E-state index contributed by atoms with van der Waals surface area (Å²) in [7, 11) is -1.91. The van der Waals surface area contributed by atoms with Gasteiger partial charge in [0.1, 0.15) is 6.04 Å². The van der Waals surface area contributed by atoms with Crippen LogP contribution >= 0.6 is 11.8 Å². The molecule has 0 saturated heterocycles. The van der Waals surface area contributed by atoms with Crippen LogP contribution in [0.5, 0.6) is 0 Å². The number of carboxylic acids is 1. The van der Waals surface area contributed by atoms with Gasteiger partial charge in [0, 0.05) is 20.0 Å². The van der Waals surface area contributed by atoms with Crippen molar-refractivity contribution in [1.29, 1.82) is 0 Å². The van der Waals surface area contributed by atoms with E-state index in [4.69, 9.17) is 5.11 Å². The molecule has 124 valence electrons. The number of carboxylic acid groups (broad SMARTS) is 1. The maximum absolute atomic E-state index is 12.3. The standard InChI is InChI=1S/C12H24N2O5S2/c1-4-21(18,19)13-10(7-9-20-3)12(17)14(2)8-5-6-11(15)16/h10,13H,4-9H2,1-3H3,(H,15,16). The van der Waals surface area contributed by atoms with Gasteiger partial charge >= 0.3 is 5.97 Å². The molecule has 1 atom stereocenters. The van der Waals surface area contributed by atoms with Crippen LogP contribution in [0.2, 0.25) is 0 Å². The van der Waals surface area contributed by atoms with Gasteiger partial charge in [0.15, 0.2) is 0 Å². The second-order valence-corrected chi connectivity index (χ2v) is 7.64. The third kappa shape index (κ3) is 8.94. The lowest BCUT2D eigenvalue weighted by Gasteiger charge is -2.24. The van der Waals surface area contributed by atoms with Crippen LogP contribution in [-0.2, 0) is 19.6 Å². The first kappa shape index (κ1) is 20.2. The maximum Gasteiger partial charge on any atom is 0.303 e. The summed E-state index contributed by atoms with van der Waals surface area (Å²) in [6.45, 7) is 1.80. The summed E-state index contributed by atoms with van der Waals surface area (Å²) in [5.74, 6) is -0.669. The number of carbonyl (C=O) groups is 2. The van der Waals surface area contributed by atoms with Crippen LogP contribution in [0.15, 0.2) is 0 Å². The molecule has 0 saturated carbocycles. The van der Waals surface area contributed by atoms with Crippen molar-refractivity contribution < 1.29 is 23.1 Å². The highest BCUT2D eigenvalue weighted by Gasteiger charge is 2.25. The lowest BCUT2D eigenvalue weighted by atomic mass is 10.2. The molecule has 1 unspecified atom stereocenters. The van der Waals surface area contributed by atoms with Crippen LogP contribution in [0.25, 0.3) is 0 Å². The first-order valence-corrected chi connectivity index (χ1v) is 9.73. The number of hydrogen-bond acceptors (Lipinski definition) is 5. The van der Waals surface area contributed by atoms with Crippen molar-refractivity contribution in [3.63, 3.8) is 0 Å². The number of aliphatic carboxylic acids is 1. The van der Waals surface area contributed by atoms with Gasteiger partial charge in [-0.15, -0.1) is 0 Å². The Balaban J connectivity index is 4.65. The molecule has 0 spiro atoms. The van der Waals surface area contributed by atoms with Crippen molar-refractivity contribution >= 4 is 33.7 Å². The second-order valence-electron chi connectivity index (χ2n) is 4.61. The molecule has 21 heavy (non-hydrogen) atoms. The van der Waals surface area contributed by atoms with Crippen LogP contribution in [0, 0.1) is 0 Å². The Morgan fingerprint density at radius 2 is 2.00 bits per heavy atom. The number of nitrogens with zero attached hydrogens (tertiary/aromatic N) is 1. The first-order valence-electron chi connectivity index (χ1n) is 6.69. The van der Waals surface area contributed by atoms with Gasteiger partial charge < -0.3 is 10.0 Å². The van der Waals surface area contributed by atoms with Crippen LogP contribution in [0.4, 0.5) is 0 Å². The second kappa shape index (κ2) is 10.0. The molecule has 0 bridgehead atoms. The van der Waals surface area contributed by atoms with E-state index < -0.39 is 22.0 Å². The monoisotopic (exact) mass is 340 g/mol. The Morgan fingerprint density at radius 1 is 1.38 bits per heavy atom. The normalized spacial score (nSPS) is 12.9. The van der Waals surface area contributed by atoms with Gasteiger partial charge in [0.05, 0.1) is 5.75 Å². The minimum absolute atomic E-state index is 0.0201. The van der Waals surface area contributed by atoms with Crippen molar-refractivity contribution in [2.45, 2.75) is 32.2 Å². The van der Waals surface area contributed by atoms with Crippen LogP contribution in [-0.4, -0.2) is 67.7 Å². The van der Waals surface area contributed by atoms with Crippen LogP contribution < -0.4 is 4.72 Å². The van der Waals surface area contributed by atoms with Crippen molar-refractivity contribution in [3.05, 3.63) is 0 Å². The van der Waals surface area contributed by atoms with Gasteiger partial charge in [-0.2, -0.15) is 11.8 Å². The van der Waals surface area contributed by atoms with E-state index in [1.54, 1.807) is 7.05 Å².